The molecule has 1 fully saturated rings. The van der Waals surface area contributed by atoms with Gasteiger partial charge in [-0.05, 0) is 38.8 Å². The van der Waals surface area contributed by atoms with E-state index in [0.29, 0.717) is 25.1 Å². The highest BCUT2D eigenvalue weighted by molar-refractivity contribution is 7.89. The molecule has 0 bridgehead atoms. The molecule has 0 aromatic heterocycles. The molecule has 1 atom stereocenters. The molecule has 5 nitrogen and oxygen atoms in total. The van der Waals surface area contributed by atoms with E-state index in [2.05, 4.69) is 4.72 Å². The van der Waals surface area contributed by atoms with Gasteiger partial charge in [-0.25, -0.2) is 13.1 Å². The smallest absolute Gasteiger partial charge is 0.243 e. The monoisotopic (exact) mass is 352 g/mol. The van der Waals surface area contributed by atoms with Gasteiger partial charge in [0.1, 0.15) is 4.90 Å². The van der Waals surface area contributed by atoms with Crippen molar-refractivity contribution >= 4 is 38.9 Å². The van der Waals surface area contributed by atoms with Gasteiger partial charge < -0.3 is 10.5 Å². The van der Waals surface area contributed by atoms with E-state index in [1.807, 2.05) is 13.8 Å². The predicted molar refractivity (Wildman–Crippen MR) is 84.2 cm³/mol. The Balaban J connectivity index is 2.27. The Morgan fingerprint density at radius 2 is 1.90 bits per heavy atom. The molecule has 21 heavy (non-hydrogen) atoms. The third-order valence-electron chi connectivity index (χ3n) is 3.31. The van der Waals surface area contributed by atoms with Crippen LogP contribution in [0.3, 0.4) is 0 Å². The fourth-order valence-corrected chi connectivity index (χ4v) is 4.95. The lowest BCUT2D eigenvalue weighted by molar-refractivity contribution is -0.0599. The number of hydrogen-bond acceptors (Lipinski definition) is 4. The minimum atomic E-state index is -3.81. The Bertz CT molecular complexity index is 624. The zero-order chi connectivity index (χ0) is 15.8. The van der Waals surface area contributed by atoms with Crippen LogP contribution in [0.2, 0.25) is 10.0 Å². The molecule has 1 aromatic rings. The molecule has 1 aliphatic rings. The SMILES string of the molecule is CC1(C)CC(NS(=O)(=O)c2c(Cl)cc(N)cc2Cl)CCO1. The topological polar surface area (TPSA) is 81.4 Å². The highest BCUT2D eigenvalue weighted by Gasteiger charge is 2.33. The van der Waals surface area contributed by atoms with Gasteiger partial charge in [0.05, 0.1) is 15.6 Å². The maximum atomic E-state index is 12.5. The van der Waals surface area contributed by atoms with E-state index in [4.69, 9.17) is 33.7 Å². The average Bonchev–Trinajstić information content (AvgIpc) is 2.23. The van der Waals surface area contributed by atoms with E-state index in [1.54, 1.807) is 0 Å². The first kappa shape index (κ1) is 16.8. The van der Waals surface area contributed by atoms with E-state index in [0.717, 1.165) is 0 Å². The molecular weight excluding hydrogens is 335 g/mol. The summed E-state index contributed by atoms with van der Waals surface area (Å²) < 4.78 is 33.2. The molecule has 1 aromatic carbocycles. The Kier molecular flexibility index (Phi) is 4.75. The fraction of sp³-hybridized carbons (Fsp3) is 0.538. The molecule has 0 amide bonds. The number of ether oxygens (including phenoxy) is 1. The first-order valence-electron chi connectivity index (χ1n) is 6.51. The van der Waals surface area contributed by atoms with Crippen molar-refractivity contribution < 1.29 is 13.2 Å². The summed E-state index contributed by atoms with van der Waals surface area (Å²) in [7, 11) is -3.81. The molecule has 0 radical (unpaired) electrons. The molecule has 2 rings (SSSR count). The van der Waals surface area contributed by atoms with Crippen molar-refractivity contribution in [1.82, 2.24) is 4.72 Å². The number of nitrogens with one attached hydrogen (secondary N) is 1. The van der Waals surface area contributed by atoms with Crippen LogP contribution in [0, 0.1) is 0 Å². The highest BCUT2D eigenvalue weighted by Crippen LogP contribution is 2.33. The summed E-state index contributed by atoms with van der Waals surface area (Å²) in [6.45, 7) is 4.36. The van der Waals surface area contributed by atoms with Crippen LogP contribution >= 0.6 is 23.2 Å². The van der Waals surface area contributed by atoms with Gasteiger partial charge in [0.25, 0.3) is 0 Å². The summed E-state index contributed by atoms with van der Waals surface area (Å²) in [4.78, 5) is -0.135. The van der Waals surface area contributed by atoms with Gasteiger partial charge in [-0.2, -0.15) is 0 Å². The molecule has 0 aliphatic carbocycles. The molecule has 118 valence electrons. The van der Waals surface area contributed by atoms with Crippen LogP contribution in [-0.4, -0.2) is 26.7 Å². The van der Waals surface area contributed by atoms with Crippen LogP contribution < -0.4 is 10.5 Å². The third-order valence-corrected chi connectivity index (χ3v) is 5.75. The normalized spacial score (nSPS) is 22.2. The first-order valence-corrected chi connectivity index (χ1v) is 8.75. The van der Waals surface area contributed by atoms with E-state index >= 15 is 0 Å². The van der Waals surface area contributed by atoms with Crippen LogP contribution in [0.25, 0.3) is 0 Å². The zero-order valence-corrected chi connectivity index (χ0v) is 14.1. The van der Waals surface area contributed by atoms with Gasteiger partial charge in [0.15, 0.2) is 0 Å². The number of anilines is 1. The molecule has 0 spiro atoms. The second-order valence-corrected chi connectivity index (χ2v) is 8.20. The first-order chi connectivity index (χ1) is 9.61. The molecule has 0 saturated carbocycles. The van der Waals surface area contributed by atoms with Crippen LogP contribution in [-0.2, 0) is 14.8 Å². The lowest BCUT2D eigenvalue weighted by Gasteiger charge is -2.35. The van der Waals surface area contributed by atoms with E-state index in [1.165, 1.54) is 12.1 Å². The summed E-state index contributed by atoms with van der Waals surface area (Å²) in [5.74, 6) is 0. The number of hydrogen-bond donors (Lipinski definition) is 2. The van der Waals surface area contributed by atoms with E-state index in [-0.39, 0.29) is 26.6 Å². The number of nitrogens with two attached hydrogens (primary N) is 1. The number of halogens is 2. The highest BCUT2D eigenvalue weighted by atomic mass is 35.5. The van der Waals surface area contributed by atoms with Gasteiger partial charge in [0.2, 0.25) is 10.0 Å². The number of rotatable bonds is 3. The minimum absolute atomic E-state index is 0.0128. The van der Waals surface area contributed by atoms with E-state index in [9.17, 15) is 8.42 Å². The van der Waals surface area contributed by atoms with Crippen LogP contribution in [0.5, 0.6) is 0 Å². The molecule has 1 unspecified atom stereocenters. The fourth-order valence-electron chi connectivity index (χ4n) is 2.45. The summed E-state index contributed by atoms with van der Waals surface area (Å²) in [6.07, 6.45) is 1.18. The standard InChI is InChI=1S/C13H18Cl2N2O3S/c1-13(2)7-9(3-4-20-13)17-21(18,19)12-10(14)5-8(16)6-11(12)15/h5-6,9,17H,3-4,7,16H2,1-2H3. The number of sulfonamides is 1. The van der Waals surface area contributed by atoms with Gasteiger partial charge >= 0.3 is 0 Å². The summed E-state index contributed by atoms with van der Waals surface area (Å²) in [5, 5.41) is 0.0256. The van der Waals surface area contributed by atoms with Gasteiger partial charge in [0, 0.05) is 18.3 Å². The maximum absolute atomic E-state index is 12.5. The molecular formula is C13H18Cl2N2O3S. The quantitative estimate of drug-likeness (QED) is 0.819. The zero-order valence-electron chi connectivity index (χ0n) is 11.8. The Morgan fingerprint density at radius 1 is 1.33 bits per heavy atom. The van der Waals surface area contributed by atoms with Gasteiger partial charge in [-0.3, -0.25) is 0 Å². The summed E-state index contributed by atoms with van der Waals surface area (Å²) in [6, 6.07) is 2.52. The van der Waals surface area contributed by atoms with Crippen molar-refractivity contribution in [3.8, 4) is 0 Å². The van der Waals surface area contributed by atoms with Crippen molar-refractivity contribution in [2.45, 2.75) is 43.2 Å². The Labute approximate surface area is 134 Å². The van der Waals surface area contributed by atoms with Crippen LogP contribution in [0.1, 0.15) is 26.7 Å². The summed E-state index contributed by atoms with van der Waals surface area (Å²) >= 11 is 12.0. The second kappa shape index (κ2) is 5.93. The van der Waals surface area contributed by atoms with Crippen LogP contribution in [0.4, 0.5) is 5.69 Å². The predicted octanol–water partition coefficient (Wildman–Crippen LogP) is 2.81. The molecule has 1 aliphatic heterocycles. The van der Waals surface area contributed by atoms with Crippen molar-refractivity contribution in [1.29, 1.82) is 0 Å². The van der Waals surface area contributed by atoms with Crippen molar-refractivity contribution in [3.05, 3.63) is 22.2 Å². The average molecular weight is 353 g/mol. The molecule has 8 heteroatoms. The lowest BCUT2D eigenvalue weighted by Crippen LogP contribution is -2.45. The number of nitrogen functional groups attached to an aromatic ring is 1. The summed E-state index contributed by atoms with van der Waals surface area (Å²) in [5.41, 5.74) is 5.55. The van der Waals surface area contributed by atoms with Crippen LogP contribution in [0.15, 0.2) is 17.0 Å². The largest absolute Gasteiger partial charge is 0.399 e. The molecule has 3 N–H and O–H groups in total. The third kappa shape index (κ3) is 4.02. The van der Waals surface area contributed by atoms with E-state index < -0.39 is 10.0 Å². The van der Waals surface area contributed by atoms with Crippen molar-refractivity contribution in [3.63, 3.8) is 0 Å². The van der Waals surface area contributed by atoms with Gasteiger partial charge in [-0.1, -0.05) is 23.2 Å². The minimum Gasteiger partial charge on any atom is -0.399 e. The lowest BCUT2D eigenvalue weighted by atomic mass is 9.95. The van der Waals surface area contributed by atoms with Crippen molar-refractivity contribution in [2.24, 2.45) is 0 Å². The number of benzene rings is 1. The van der Waals surface area contributed by atoms with Crippen molar-refractivity contribution in [2.75, 3.05) is 12.3 Å². The second-order valence-electron chi connectivity index (χ2n) is 5.73. The molecule has 1 saturated heterocycles. The van der Waals surface area contributed by atoms with Gasteiger partial charge in [-0.15, -0.1) is 0 Å². The Morgan fingerprint density at radius 3 is 2.43 bits per heavy atom. The molecule has 1 heterocycles. The maximum Gasteiger partial charge on any atom is 0.243 e. The Hall–Kier alpha value is -0.530.